The summed E-state index contributed by atoms with van der Waals surface area (Å²) in [4.78, 5) is 16.8. The summed E-state index contributed by atoms with van der Waals surface area (Å²) in [6.45, 7) is 1.87. The second-order valence-corrected chi connectivity index (χ2v) is 8.43. The zero-order valence-electron chi connectivity index (χ0n) is 18.5. The van der Waals surface area contributed by atoms with Crippen molar-refractivity contribution in [1.82, 2.24) is 24.5 Å². The van der Waals surface area contributed by atoms with Gasteiger partial charge >= 0.3 is 0 Å². The average Bonchev–Trinajstić information content (AvgIpc) is 3.37. The van der Waals surface area contributed by atoms with Crippen molar-refractivity contribution in [2.75, 3.05) is 0 Å². The van der Waals surface area contributed by atoms with Crippen molar-refractivity contribution in [3.05, 3.63) is 93.8 Å². The molecule has 1 amide bonds. The number of amides is 1. The lowest BCUT2D eigenvalue weighted by molar-refractivity contribution is -0.118. The lowest BCUT2D eigenvalue weighted by Gasteiger charge is -2.13. The first kappa shape index (κ1) is 21.6. The number of carbonyl (C=O) groups excluding carboxylic acids is 1. The van der Waals surface area contributed by atoms with Crippen LogP contribution in [-0.2, 0) is 11.8 Å². The van der Waals surface area contributed by atoms with Crippen LogP contribution in [0.4, 0.5) is 0 Å². The number of hydrogen-bond acceptors (Lipinski definition) is 5. The first-order valence-electron chi connectivity index (χ1n) is 10.6. The molecular weight excluding hydrogens is 450 g/mol. The van der Waals surface area contributed by atoms with Crippen LogP contribution in [0.1, 0.15) is 46.4 Å². The first-order valence-corrected chi connectivity index (χ1v) is 11.0. The SMILES string of the molecule is Cc1nnc2n1-c1ccc(C#Cc3cnn(C)c3)cc1C(c1ccc(Cl)cc1)=N[C@H]2CC(N)=O. The maximum Gasteiger partial charge on any atom is 0.220 e. The number of hydrogen-bond donors (Lipinski definition) is 1. The molecule has 5 rings (SSSR count). The summed E-state index contributed by atoms with van der Waals surface area (Å²) in [6, 6.07) is 12.7. The van der Waals surface area contributed by atoms with Crippen LogP contribution in [0.3, 0.4) is 0 Å². The topological polar surface area (TPSA) is 104 Å². The third-order valence-corrected chi connectivity index (χ3v) is 5.75. The van der Waals surface area contributed by atoms with Gasteiger partial charge < -0.3 is 5.73 Å². The predicted octanol–water partition coefficient (Wildman–Crippen LogP) is 3.13. The van der Waals surface area contributed by atoms with Crippen LogP contribution in [0, 0.1) is 18.8 Å². The fourth-order valence-electron chi connectivity index (χ4n) is 3.97. The number of benzene rings is 2. The number of nitrogens with two attached hydrogens (primary N) is 1. The molecule has 168 valence electrons. The van der Waals surface area contributed by atoms with E-state index in [-0.39, 0.29) is 6.42 Å². The van der Waals surface area contributed by atoms with E-state index in [2.05, 4.69) is 27.1 Å². The maximum absolute atomic E-state index is 11.9. The summed E-state index contributed by atoms with van der Waals surface area (Å²) in [5.41, 5.74) is 10.4. The Hall–Kier alpha value is -4.22. The van der Waals surface area contributed by atoms with Crippen LogP contribution in [0.25, 0.3) is 5.69 Å². The van der Waals surface area contributed by atoms with E-state index in [1.807, 2.05) is 67.2 Å². The van der Waals surface area contributed by atoms with E-state index < -0.39 is 11.9 Å². The van der Waals surface area contributed by atoms with E-state index in [1.165, 1.54) is 0 Å². The second-order valence-electron chi connectivity index (χ2n) is 8.00. The fraction of sp³-hybridized carbons (Fsp3) is 0.160. The number of nitrogens with zero attached hydrogens (tertiary/aromatic N) is 6. The minimum atomic E-state index is -0.582. The van der Waals surface area contributed by atoms with Gasteiger partial charge in [-0.2, -0.15) is 5.10 Å². The minimum Gasteiger partial charge on any atom is -0.370 e. The number of aromatic nitrogens is 5. The van der Waals surface area contributed by atoms with Crippen LogP contribution in [0.5, 0.6) is 0 Å². The second kappa shape index (κ2) is 8.61. The highest BCUT2D eigenvalue weighted by molar-refractivity contribution is 6.30. The van der Waals surface area contributed by atoms with Gasteiger partial charge in [0.2, 0.25) is 5.91 Å². The Morgan fingerprint density at radius 1 is 1.12 bits per heavy atom. The molecule has 0 fully saturated rings. The Labute approximate surface area is 201 Å². The van der Waals surface area contributed by atoms with Crippen molar-refractivity contribution in [2.45, 2.75) is 19.4 Å². The van der Waals surface area contributed by atoms with Crippen molar-refractivity contribution in [3.63, 3.8) is 0 Å². The first-order chi connectivity index (χ1) is 16.4. The zero-order valence-corrected chi connectivity index (χ0v) is 19.3. The van der Waals surface area contributed by atoms with Gasteiger partial charge in [0, 0.05) is 35.0 Å². The number of aliphatic imine (C=N–C) groups is 1. The summed E-state index contributed by atoms with van der Waals surface area (Å²) >= 11 is 6.13. The standard InChI is InChI=1S/C25H20ClN7O/c1-15-30-31-25-21(12-23(27)34)29-24(18-6-8-19(26)9-7-18)20-11-16(5-10-22(20)33(15)25)3-4-17-13-28-32(2)14-17/h5-11,13-14,21H,12H2,1-2H3,(H2,27,34)/t21-/m0/s1. The summed E-state index contributed by atoms with van der Waals surface area (Å²) < 4.78 is 3.63. The number of halogens is 1. The van der Waals surface area contributed by atoms with Crippen LogP contribution in [0.15, 0.2) is 59.9 Å². The zero-order chi connectivity index (χ0) is 23.8. The van der Waals surface area contributed by atoms with Gasteiger partial charge in [0.25, 0.3) is 0 Å². The normalized spacial score (nSPS) is 14.3. The molecule has 0 radical (unpaired) electrons. The van der Waals surface area contributed by atoms with E-state index in [9.17, 15) is 4.79 Å². The number of fused-ring (bicyclic) bond motifs is 3. The largest absolute Gasteiger partial charge is 0.370 e. The molecule has 1 atom stereocenters. The van der Waals surface area contributed by atoms with Gasteiger partial charge in [-0.15, -0.1) is 10.2 Å². The van der Waals surface area contributed by atoms with E-state index in [4.69, 9.17) is 22.3 Å². The predicted molar refractivity (Wildman–Crippen MR) is 129 cm³/mol. The molecule has 0 spiro atoms. The lowest BCUT2D eigenvalue weighted by atomic mass is 9.98. The monoisotopic (exact) mass is 469 g/mol. The lowest BCUT2D eigenvalue weighted by Crippen LogP contribution is -2.17. The average molecular weight is 470 g/mol. The van der Waals surface area contributed by atoms with E-state index >= 15 is 0 Å². The molecule has 9 heteroatoms. The van der Waals surface area contributed by atoms with Crippen molar-refractivity contribution in [1.29, 1.82) is 0 Å². The number of aryl methyl sites for hydroxylation is 2. The summed E-state index contributed by atoms with van der Waals surface area (Å²) in [5, 5.41) is 13.4. The van der Waals surface area contributed by atoms with Crippen molar-refractivity contribution in [3.8, 4) is 17.5 Å². The van der Waals surface area contributed by atoms with Gasteiger partial charge in [-0.3, -0.25) is 19.0 Å². The molecule has 0 saturated heterocycles. The van der Waals surface area contributed by atoms with Gasteiger partial charge in [-0.05, 0) is 37.3 Å². The van der Waals surface area contributed by atoms with E-state index in [1.54, 1.807) is 10.9 Å². The number of rotatable bonds is 3. The quantitative estimate of drug-likeness (QED) is 0.465. The van der Waals surface area contributed by atoms with Crippen LogP contribution in [-0.4, -0.2) is 36.2 Å². The van der Waals surface area contributed by atoms with Gasteiger partial charge in [-0.25, -0.2) is 0 Å². The van der Waals surface area contributed by atoms with Crippen LogP contribution >= 0.6 is 11.6 Å². The smallest absolute Gasteiger partial charge is 0.220 e. The molecule has 8 nitrogen and oxygen atoms in total. The van der Waals surface area contributed by atoms with E-state index in [0.29, 0.717) is 22.4 Å². The fourth-order valence-corrected chi connectivity index (χ4v) is 4.10. The molecule has 4 aromatic rings. The van der Waals surface area contributed by atoms with Gasteiger partial charge in [-0.1, -0.05) is 35.6 Å². The highest BCUT2D eigenvalue weighted by atomic mass is 35.5. The molecule has 2 aromatic carbocycles. The Kier molecular flexibility index (Phi) is 5.48. The molecule has 34 heavy (non-hydrogen) atoms. The van der Waals surface area contributed by atoms with Gasteiger partial charge in [0.15, 0.2) is 5.82 Å². The number of primary amides is 1. The molecule has 2 aromatic heterocycles. The highest BCUT2D eigenvalue weighted by Gasteiger charge is 2.29. The Morgan fingerprint density at radius 2 is 1.88 bits per heavy atom. The van der Waals surface area contributed by atoms with Crippen molar-refractivity contribution < 1.29 is 4.79 Å². The summed E-state index contributed by atoms with van der Waals surface area (Å²) in [5.74, 6) is 7.14. The molecular formula is C25H20ClN7O. The van der Waals surface area contributed by atoms with Crippen molar-refractivity contribution >= 4 is 23.2 Å². The Bertz CT molecular complexity index is 1500. The molecule has 2 N–H and O–H groups in total. The molecule has 3 heterocycles. The highest BCUT2D eigenvalue weighted by Crippen LogP contribution is 2.33. The molecule has 1 aliphatic rings. The minimum absolute atomic E-state index is 0.0108. The molecule has 1 aliphatic heterocycles. The Morgan fingerprint density at radius 3 is 2.59 bits per heavy atom. The molecule has 0 bridgehead atoms. The molecule has 0 unspecified atom stereocenters. The van der Waals surface area contributed by atoms with Crippen molar-refractivity contribution in [2.24, 2.45) is 17.8 Å². The third kappa shape index (κ3) is 4.09. The summed E-state index contributed by atoms with van der Waals surface area (Å²) in [6.07, 6.45) is 3.59. The summed E-state index contributed by atoms with van der Waals surface area (Å²) in [7, 11) is 1.85. The van der Waals surface area contributed by atoms with Crippen LogP contribution in [0.2, 0.25) is 5.02 Å². The van der Waals surface area contributed by atoms with Crippen LogP contribution < -0.4 is 5.73 Å². The van der Waals surface area contributed by atoms with Gasteiger partial charge in [0.1, 0.15) is 11.9 Å². The van der Waals surface area contributed by atoms with E-state index in [0.717, 1.165) is 27.9 Å². The van der Waals surface area contributed by atoms with Gasteiger partial charge in [0.05, 0.1) is 29.6 Å². The molecule has 0 aliphatic carbocycles. The maximum atomic E-state index is 11.9. The third-order valence-electron chi connectivity index (χ3n) is 5.49. The Balaban J connectivity index is 1.72. The number of carbonyl (C=O) groups is 1. The molecule has 0 saturated carbocycles.